The number of benzene rings is 2. The average Bonchev–Trinajstić information content (AvgIpc) is 2.57. The molecule has 1 atom stereocenters. The molecule has 4 heteroatoms. The van der Waals surface area contributed by atoms with Crippen LogP contribution >= 0.6 is 0 Å². The van der Waals surface area contributed by atoms with Gasteiger partial charge in [-0.2, -0.15) is 0 Å². The smallest absolute Gasteiger partial charge is 0.303 e. The van der Waals surface area contributed by atoms with Crippen molar-refractivity contribution >= 4 is 11.9 Å². The van der Waals surface area contributed by atoms with Crippen LogP contribution in [-0.4, -0.2) is 17.0 Å². The van der Waals surface area contributed by atoms with E-state index in [4.69, 9.17) is 5.11 Å². The van der Waals surface area contributed by atoms with Gasteiger partial charge in [0.15, 0.2) is 0 Å². The van der Waals surface area contributed by atoms with E-state index in [2.05, 4.69) is 11.4 Å². The average molecular weight is 325 g/mol. The van der Waals surface area contributed by atoms with E-state index in [1.165, 1.54) is 5.56 Å². The highest BCUT2D eigenvalue weighted by Crippen LogP contribution is 2.18. The first kappa shape index (κ1) is 17.7. The maximum Gasteiger partial charge on any atom is 0.303 e. The summed E-state index contributed by atoms with van der Waals surface area (Å²) < 4.78 is 0. The Morgan fingerprint density at radius 2 is 1.79 bits per heavy atom. The summed E-state index contributed by atoms with van der Waals surface area (Å²) in [5.41, 5.74) is 3.24. The van der Waals surface area contributed by atoms with Gasteiger partial charge in [-0.25, -0.2) is 0 Å². The second kappa shape index (κ2) is 8.87. The summed E-state index contributed by atoms with van der Waals surface area (Å²) in [7, 11) is 0. The summed E-state index contributed by atoms with van der Waals surface area (Å²) >= 11 is 0. The van der Waals surface area contributed by atoms with E-state index < -0.39 is 5.97 Å². The summed E-state index contributed by atoms with van der Waals surface area (Å²) in [5, 5.41) is 11.9. The van der Waals surface area contributed by atoms with E-state index >= 15 is 0 Å². The fourth-order valence-electron chi connectivity index (χ4n) is 2.67. The number of rotatable bonds is 8. The van der Waals surface area contributed by atoms with Crippen molar-refractivity contribution in [3.05, 3.63) is 71.3 Å². The van der Waals surface area contributed by atoms with Crippen LogP contribution in [0.2, 0.25) is 0 Å². The van der Waals surface area contributed by atoms with Crippen LogP contribution in [-0.2, 0) is 16.0 Å². The number of carboxylic acids is 1. The molecule has 0 bridgehead atoms. The predicted molar refractivity (Wildman–Crippen MR) is 93.7 cm³/mol. The zero-order valence-corrected chi connectivity index (χ0v) is 13.9. The number of hydrogen-bond donors (Lipinski definition) is 2. The minimum absolute atomic E-state index is 0.0255. The molecule has 2 N–H and O–H groups in total. The highest BCUT2D eigenvalue weighted by molar-refractivity contribution is 5.77. The molecule has 0 saturated heterocycles. The highest BCUT2D eigenvalue weighted by Gasteiger charge is 2.15. The summed E-state index contributed by atoms with van der Waals surface area (Å²) in [5.74, 6) is -0.916. The van der Waals surface area contributed by atoms with Gasteiger partial charge in [0.2, 0.25) is 5.91 Å². The maximum absolute atomic E-state index is 12.3. The summed E-state index contributed by atoms with van der Waals surface area (Å²) in [4.78, 5) is 23.1. The lowest BCUT2D eigenvalue weighted by atomic mass is 10.0. The van der Waals surface area contributed by atoms with Crippen molar-refractivity contribution in [3.63, 3.8) is 0 Å². The van der Waals surface area contributed by atoms with Crippen molar-refractivity contribution < 1.29 is 14.7 Å². The van der Waals surface area contributed by atoms with Crippen molar-refractivity contribution in [2.45, 2.75) is 38.6 Å². The maximum atomic E-state index is 12.3. The molecule has 0 saturated carbocycles. The Bertz CT molecular complexity index is 682. The lowest BCUT2D eigenvalue weighted by Gasteiger charge is -2.18. The Morgan fingerprint density at radius 3 is 2.46 bits per heavy atom. The molecular formula is C20H23NO3. The molecule has 126 valence electrons. The Labute approximate surface area is 142 Å². The Morgan fingerprint density at radius 1 is 1.04 bits per heavy atom. The van der Waals surface area contributed by atoms with Crippen LogP contribution in [0.25, 0.3) is 0 Å². The third kappa shape index (κ3) is 5.88. The third-order valence-electron chi connectivity index (χ3n) is 3.91. The molecule has 0 aliphatic rings. The molecule has 2 aromatic rings. The minimum Gasteiger partial charge on any atom is -0.481 e. The van der Waals surface area contributed by atoms with E-state index in [9.17, 15) is 9.59 Å². The quantitative estimate of drug-likeness (QED) is 0.778. The molecule has 24 heavy (non-hydrogen) atoms. The van der Waals surface area contributed by atoms with Crippen molar-refractivity contribution in [3.8, 4) is 0 Å². The molecule has 0 fully saturated rings. The molecule has 0 aliphatic carbocycles. The topological polar surface area (TPSA) is 66.4 Å². The van der Waals surface area contributed by atoms with Crippen molar-refractivity contribution in [1.29, 1.82) is 0 Å². The lowest BCUT2D eigenvalue weighted by molar-refractivity contribution is -0.137. The van der Waals surface area contributed by atoms with Crippen LogP contribution in [0, 0.1) is 6.92 Å². The van der Waals surface area contributed by atoms with Crippen LogP contribution < -0.4 is 5.32 Å². The Hall–Kier alpha value is -2.62. The first-order valence-corrected chi connectivity index (χ1v) is 8.16. The van der Waals surface area contributed by atoms with Crippen LogP contribution in [0.15, 0.2) is 54.6 Å². The van der Waals surface area contributed by atoms with E-state index in [1.54, 1.807) is 0 Å². The monoisotopic (exact) mass is 325 g/mol. The van der Waals surface area contributed by atoms with Gasteiger partial charge in [-0.15, -0.1) is 0 Å². The van der Waals surface area contributed by atoms with Gasteiger partial charge in [-0.1, -0.05) is 60.2 Å². The molecule has 1 unspecified atom stereocenters. The van der Waals surface area contributed by atoms with Gasteiger partial charge >= 0.3 is 5.97 Å². The van der Waals surface area contributed by atoms with Gasteiger partial charge in [0, 0.05) is 12.8 Å². The lowest BCUT2D eigenvalue weighted by Crippen LogP contribution is -2.29. The van der Waals surface area contributed by atoms with Gasteiger partial charge in [-0.3, -0.25) is 9.59 Å². The van der Waals surface area contributed by atoms with Gasteiger partial charge in [0.05, 0.1) is 6.04 Å². The second-order valence-electron chi connectivity index (χ2n) is 5.95. The van der Waals surface area contributed by atoms with Crippen LogP contribution in [0.3, 0.4) is 0 Å². The molecule has 0 spiro atoms. The molecule has 4 nitrogen and oxygen atoms in total. The number of hydrogen-bond acceptors (Lipinski definition) is 2. The highest BCUT2D eigenvalue weighted by atomic mass is 16.4. The zero-order chi connectivity index (χ0) is 17.4. The third-order valence-corrected chi connectivity index (χ3v) is 3.91. The summed E-state index contributed by atoms with van der Waals surface area (Å²) in [6, 6.07) is 17.3. The summed E-state index contributed by atoms with van der Waals surface area (Å²) in [6.45, 7) is 2.03. The molecule has 2 aromatic carbocycles. The van der Waals surface area contributed by atoms with E-state index in [1.807, 2.05) is 55.5 Å². The Kier molecular flexibility index (Phi) is 6.55. The first-order valence-electron chi connectivity index (χ1n) is 8.16. The fraction of sp³-hybridized carbons (Fsp3) is 0.300. The normalized spacial score (nSPS) is 11.7. The van der Waals surface area contributed by atoms with Crippen LogP contribution in [0.5, 0.6) is 0 Å². The molecule has 0 aliphatic heterocycles. The van der Waals surface area contributed by atoms with Crippen molar-refractivity contribution in [2.24, 2.45) is 0 Å². The molecule has 0 aromatic heterocycles. The Balaban J connectivity index is 1.95. The van der Waals surface area contributed by atoms with Crippen LogP contribution in [0.1, 0.15) is 42.0 Å². The number of nitrogens with one attached hydrogen (secondary N) is 1. The number of amides is 1. The summed E-state index contributed by atoms with van der Waals surface area (Å²) in [6.07, 6.45) is 1.47. The molecule has 0 heterocycles. The van der Waals surface area contributed by atoms with Crippen molar-refractivity contribution in [2.75, 3.05) is 0 Å². The van der Waals surface area contributed by atoms with E-state index in [0.717, 1.165) is 11.1 Å². The molecule has 0 radical (unpaired) electrons. The molecule has 2 rings (SSSR count). The zero-order valence-electron chi connectivity index (χ0n) is 13.9. The number of carboxylic acid groups (broad SMARTS) is 1. The standard InChI is InChI=1S/C20H23NO3/c1-15-6-5-7-16(14-15)10-12-19(22)21-18(11-13-20(23)24)17-8-3-2-4-9-17/h2-9,14,18H,10-13H2,1H3,(H,21,22)(H,23,24). The predicted octanol–water partition coefficient (Wildman–Crippen LogP) is 3.65. The molecule has 1 amide bonds. The van der Waals surface area contributed by atoms with Gasteiger partial charge in [-0.05, 0) is 30.9 Å². The molecular weight excluding hydrogens is 302 g/mol. The largest absolute Gasteiger partial charge is 0.481 e. The van der Waals surface area contributed by atoms with Gasteiger partial charge in [0.25, 0.3) is 0 Å². The number of aliphatic carboxylic acids is 1. The fourth-order valence-corrected chi connectivity index (χ4v) is 2.67. The number of aryl methyl sites for hydroxylation is 2. The first-order chi connectivity index (χ1) is 11.5. The van der Waals surface area contributed by atoms with Gasteiger partial charge < -0.3 is 10.4 Å². The van der Waals surface area contributed by atoms with Gasteiger partial charge in [0.1, 0.15) is 0 Å². The van der Waals surface area contributed by atoms with Crippen LogP contribution in [0.4, 0.5) is 0 Å². The number of carbonyl (C=O) groups is 2. The number of carbonyl (C=O) groups excluding carboxylic acids is 1. The van der Waals surface area contributed by atoms with Crippen molar-refractivity contribution in [1.82, 2.24) is 5.32 Å². The second-order valence-corrected chi connectivity index (χ2v) is 5.95. The SMILES string of the molecule is Cc1cccc(CCC(=O)NC(CCC(=O)O)c2ccccc2)c1. The van der Waals surface area contributed by atoms with E-state index in [-0.39, 0.29) is 18.4 Å². The minimum atomic E-state index is -0.857. The van der Waals surface area contributed by atoms with E-state index in [0.29, 0.717) is 19.3 Å².